The van der Waals surface area contributed by atoms with E-state index < -0.39 is 0 Å². The molecule has 0 aromatic heterocycles. The minimum atomic E-state index is -0.324. The second-order valence-electron chi connectivity index (χ2n) is 6.62. The highest BCUT2D eigenvalue weighted by molar-refractivity contribution is 6.34. The predicted molar refractivity (Wildman–Crippen MR) is 106 cm³/mol. The lowest BCUT2D eigenvalue weighted by Crippen LogP contribution is -2.39. The normalized spacial score (nSPS) is 19.6. The predicted octanol–water partition coefficient (Wildman–Crippen LogP) is 4.35. The van der Waals surface area contributed by atoms with Crippen LogP contribution in [0.5, 0.6) is 0 Å². The summed E-state index contributed by atoms with van der Waals surface area (Å²) >= 11 is 6.22. The van der Waals surface area contributed by atoms with Crippen LogP contribution >= 0.6 is 11.6 Å². The van der Waals surface area contributed by atoms with Crippen LogP contribution in [0.2, 0.25) is 5.02 Å². The molecule has 132 valence electrons. The maximum absolute atomic E-state index is 12.7. The third kappa shape index (κ3) is 3.19. The number of benzene rings is 3. The second kappa shape index (κ2) is 7.08. The van der Waals surface area contributed by atoms with E-state index in [9.17, 15) is 4.79 Å². The number of nitrogens with one attached hydrogen (secondary N) is 3. The van der Waals surface area contributed by atoms with E-state index in [-0.39, 0.29) is 18.0 Å². The van der Waals surface area contributed by atoms with Crippen molar-refractivity contribution in [1.29, 1.82) is 0 Å². The number of rotatable bonds is 3. The zero-order valence-corrected chi connectivity index (χ0v) is 15.2. The van der Waals surface area contributed by atoms with Crippen molar-refractivity contribution in [2.45, 2.75) is 25.4 Å². The van der Waals surface area contributed by atoms with Gasteiger partial charge in [0.1, 0.15) is 6.04 Å². The van der Waals surface area contributed by atoms with E-state index in [2.05, 4.69) is 46.5 Å². The van der Waals surface area contributed by atoms with Crippen molar-refractivity contribution >= 4 is 34.0 Å². The second-order valence-corrected chi connectivity index (χ2v) is 7.03. The highest BCUT2D eigenvalue weighted by atomic mass is 35.5. The Hall–Kier alpha value is -2.40. The molecule has 1 aliphatic heterocycles. The molecule has 4 nitrogen and oxygen atoms in total. The fourth-order valence-electron chi connectivity index (χ4n) is 3.49. The number of fused-ring (bicyclic) bond motifs is 1. The van der Waals surface area contributed by atoms with Crippen LogP contribution in [0, 0.1) is 6.92 Å². The maximum Gasteiger partial charge on any atom is 0.242 e. The minimum Gasteiger partial charge on any atom is -0.323 e. The first-order valence-electron chi connectivity index (χ1n) is 8.68. The first-order valence-corrected chi connectivity index (χ1v) is 9.06. The van der Waals surface area contributed by atoms with E-state index in [1.54, 1.807) is 6.07 Å². The van der Waals surface area contributed by atoms with Crippen LogP contribution in [-0.2, 0) is 4.79 Å². The number of aryl methyl sites for hydroxylation is 1. The summed E-state index contributed by atoms with van der Waals surface area (Å²) in [5.41, 5.74) is 9.21. The summed E-state index contributed by atoms with van der Waals surface area (Å²) in [5.74, 6) is -0.0866. The van der Waals surface area contributed by atoms with Gasteiger partial charge < -0.3 is 5.32 Å². The molecule has 1 heterocycles. The lowest BCUT2D eigenvalue weighted by atomic mass is 9.96. The summed E-state index contributed by atoms with van der Waals surface area (Å²) in [6.07, 6.45) is 0.670. The van der Waals surface area contributed by atoms with E-state index in [0.29, 0.717) is 17.1 Å². The van der Waals surface area contributed by atoms with Gasteiger partial charge in [0.25, 0.3) is 0 Å². The Morgan fingerprint density at radius 2 is 1.81 bits per heavy atom. The Balaban J connectivity index is 1.52. The number of hydrogen-bond acceptors (Lipinski definition) is 3. The van der Waals surface area contributed by atoms with E-state index in [0.717, 1.165) is 5.56 Å². The number of carbonyl (C=O) groups excluding carboxylic acids is 1. The van der Waals surface area contributed by atoms with Crippen LogP contribution in [0.4, 0.5) is 5.69 Å². The highest BCUT2D eigenvalue weighted by Gasteiger charge is 2.31. The largest absolute Gasteiger partial charge is 0.323 e. The highest BCUT2D eigenvalue weighted by Crippen LogP contribution is 2.30. The van der Waals surface area contributed by atoms with Gasteiger partial charge in [-0.25, -0.2) is 10.9 Å². The molecule has 3 aromatic carbocycles. The molecular weight excluding hydrogens is 346 g/mol. The molecule has 0 aliphatic carbocycles. The summed E-state index contributed by atoms with van der Waals surface area (Å²) < 4.78 is 0. The molecule has 0 radical (unpaired) electrons. The lowest BCUT2D eigenvalue weighted by molar-refractivity contribution is -0.117. The van der Waals surface area contributed by atoms with Crippen molar-refractivity contribution in [2.75, 3.05) is 5.32 Å². The van der Waals surface area contributed by atoms with Gasteiger partial charge in [-0.3, -0.25) is 4.79 Å². The van der Waals surface area contributed by atoms with Gasteiger partial charge in [0.2, 0.25) is 5.91 Å². The first-order chi connectivity index (χ1) is 12.6. The molecule has 3 aromatic rings. The monoisotopic (exact) mass is 365 g/mol. The quantitative estimate of drug-likeness (QED) is 0.646. The molecule has 2 atom stereocenters. The molecule has 26 heavy (non-hydrogen) atoms. The number of anilines is 1. The molecule has 3 N–H and O–H groups in total. The van der Waals surface area contributed by atoms with Crippen LogP contribution in [0.3, 0.4) is 0 Å². The number of halogens is 1. The van der Waals surface area contributed by atoms with Gasteiger partial charge in [-0.1, -0.05) is 66.2 Å². The van der Waals surface area contributed by atoms with Gasteiger partial charge in [-0.05, 0) is 41.3 Å². The summed E-state index contributed by atoms with van der Waals surface area (Å²) in [4.78, 5) is 12.7. The van der Waals surface area contributed by atoms with Crippen LogP contribution in [0.25, 0.3) is 10.8 Å². The lowest BCUT2D eigenvalue weighted by Gasteiger charge is -2.14. The molecule has 1 amide bonds. The third-order valence-corrected chi connectivity index (χ3v) is 5.20. The van der Waals surface area contributed by atoms with Gasteiger partial charge in [0.05, 0.1) is 10.7 Å². The standard InChI is InChI=1S/C21H20ClN3O/c1-13-6-4-11-17(22)20(13)23-21(26)19-12-18(24-25-19)16-10-5-8-14-7-2-3-9-15(14)16/h2-11,18-19,24-25H,12H2,1H3,(H,23,26). The molecule has 1 aliphatic rings. The first kappa shape index (κ1) is 17.0. The van der Waals surface area contributed by atoms with Crippen molar-refractivity contribution in [1.82, 2.24) is 10.9 Å². The SMILES string of the molecule is Cc1cccc(Cl)c1NC(=O)C1CC(c2cccc3ccccc23)NN1. The summed E-state index contributed by atoms with van der Waals surface area (Å²) in [6, 6.07) is 19.9. The van der Waals surface area contributed by atoms with E-state index in [1.165, 1.54) is 16.3 Å². The number of amides is 1. The molecule has 2 unspecified atom stereocenters. The van der Waals surface area contributed by atoms with Crippen molar-refractivity contribution in [3.8, 4) is 0 Å². The Kier molecular flexibility index (Phi) is 4.64. The fourth-order valence-corrected chi connectivity index (χ4v) is 3.76. The molecule has 0 bridgehead atoms. The van der Waals surface area contributed by atoms with Crippen LogP contribution in [0.1, 0.15) is 23.6 Å². The van der Waals surface area contributed by atoms with Crippen molar-refractivity contribution in [3.63, 3.8) is 0 Å². The van der Waals surface area contributed by atoms with Gasteiger partial charge in [-0.15, -0.1) is 0 Å². The van der Waals surface area contributed by atoms with Crippen LogP contribution < -0.4 is 16.2 Å². The molecule has 1 saturated heterocycles. The van der Waals surface area contributed by atoms with E-state index >= 15 is 0 Å². The Bertz CT molecular complexity index is 947. The van der Waals surface area contributed by atoms with E-state index in [1.807, 2.05) is 31.2 Å². The Morgan fingerprint density at radius 3 is 2.65 bits per heavy atom. The Labute approximate surface area is 157 Å². The minimum absolute atomic E-state index is 0.0733. The summed E-state index contributed by atoms with van der Waals surface area (Å²) in [5, 5.41) is 5.91. The zero-order valence-electron chi connectivity index (χ0n) is 14.4. The van der Waals surface area contributed by atoms with Gasteiger partial charge in [-0.2, -0.15) is 0 Å². The third-order valence-electron chi connectivity index (χ3n) is 4.89. The van der Waals surface area contributed by atoms with Crippen LogP contribution in [-0.4, -0.2) is 11.9 Å². The van der Waals surface area contributed by atoms with Crippen LogP contribution in [0.15, 0.2) is 60.7 Å². The number of hydrazine groups is 1. The molecule has 1 fully saturated rings. The van der Waals surface area contributed by atoms with Crippen molar-refractivity contribution < 1.29 is 4.79 Å². The van der Waals surface area contributed by atoms with Gasteiger partial charge >= 0.3 is 0 Å². The van der Waals surface area contributed by atoms with Gasteiger partial charge in [0.15, 0.2) is 0 Å². The topological polar surface area (TPSA) is 53.2 Å². The zero-order chi connectivity index (χ0) is 18.1. The Morgan fingerprint density at radius 1 is 1.04 bits per heavy atom. The molecule has 0 saturated carbocycles. The smallest absolute Gasteiger partial charge is 0.242 e. The molecule has 5 heteroatoms. The maximum atomic E-state index is 12.7. The molecular formula is C21H20ClN3O. The van der Waals surface area contributed by atoms with Crippen molar-refractivity contribution in [2.24, 2.45) is 0 Å². The number of hydrogen-bond donors (Lipinski definition) is 3. The molecule has 4 rings (SSSR count). The fraction of sp³-hybridized carbons (Fsp3) is 0.190. The number of carbonyl (C=O) groups is 1. The molecule has 0 spiro atoms. The van der Waals surface area contributed by atoms with E-state index in [4.69, 9.17) is 11.6 Å². The summed E-state index contributed by atoms with van der Waals surface area (Å²) in [7, 11) is 0. The van der Waals surface area contributed by atoms with Crippen molar-refractivity contribution in [3.05, 3.63) is 76.8 Å². The average molecular weight is 366 g/mol. The average Bonchev–Trinajstić information content (AvgIpc) is 3.14. The number of para-hydroxylation sites is 1. The van der Waals surface area contributed by atoms with Gasteiger partial charge in [0, 0.05) is 6.04 Å². The summed E-state index contributed by atoms with van der Waals surface area (Å²) in [6.45, 7) is 1.93.